The molecule has 3 aromatic rings. The number of aromatic nitrogens is 2. The van der Waals surface area contributed by atoms with E-state index in [-0.39, 0.29) is 11.7 Å². The molecular formula is C15H12FN3O. The summed E-state index contributed by atoms with van der Waals surface area (Å²) in [6.45, 7) is 0.426. The van der Waals surface area contributed by atoms with E-state index in [1.165, 1.54) is 12.1 Å². The molecule has 20 heavy (non-hydrogen) atoms. The van der Waals surface area contributed by atoms with Crippen LogP contribution in [0.15, 0.2) is 48.9 Å². The Balaban J connectivity index is 1.79. The number of H-pyrrole nitrogens is 1. The number of carbonyl (C=O) groups is 1. The zero-order valence-electron chi connectivity index (χ0n) is 10.6. The SMILES string of the molecule is O=C(NCc1ccncc1)c1c[nH]c2cc(F)ccc12. The number of rotatable bonds is 3. The molecule has 0 bridgehead atoms. The molecule has 0 aliphatic heterocycles. The van der Waals surface area contributed by atoms with E-state index in [0.717, 1.165) is 5.56 Å². The van der Waals surface area contributed by atoms with E-state index in [4.69, 9.17) is 0 Å². The van der Waals surface area contributed by atoms with Crippen LogP contribution in [0.1, 0.15) is 15.9 Å². The number of nitrogens with one attached hydrogen (secondary N) is 2. The monoisotopic (exact) mass is 269 g/mol. The first-order valence-electron chi connectivity index (χ1n) is 6.18. The van der Waals surface area contributed by atoms with Crippen LogP contribution in [0.2, 0.25) is 0 Å². The van der Waals surface area contributed by atoms with E-state index >= 15 is 0 Å². The van der Waals surface area contributed by atoms with Crippen molar-refractivity contribution in [3.05, 3.63) is 65.9 Å². The van der Waals surface area contributed by atoms with E-state index in [2.05, 4.69) is 15.3 Å². The summed E-state index contributed by atoms with van der Waals surface area (Å²) in [7, 11) is 0. The average molecular weight is 269 g/mol. The Bertz CT molecular complexity index is 752. The Labute approximate surface area is 114 Å². The maximum atomic E-state index is 13.1. The van der Waals surface area contributed by atoms with Gasteiger partial charge in [-0.1, -0.05) is 0 Å². The molecule has 0 unspecified atom stereocenters. The molecule has 1 aromatic carbocycles. The number of hydrogen-bond donors (Lipinski definition) is 2. The molecule has 0 spiro atoms. The first-order chi connectivity index (χ1) is 9.74. The van der Waals surface area contributed by atoms with Gasteiger partial charge in [0.15, 0.2) is 0 Å². The molecule has 2 heterocycles. The number of pyridine rings is 1. The quantitative estimate of drug-likeness (QED) is 0.768. The third-order valence-corrected chi connectivity index (χ3v) is 3.09. The highest BCUT2D eigenvalue weighted by molar-refractivity contribution is 6.06. The van der Waals surface area contributed by atoms with Gasteiger partial charge in [-0.15, -0.1) is 0 Å². The maximum absolute atomic E-state index is 13.1. The van der Waals surface area contributed by atoms with Crippen molar-refractivity contribution in [2.24, 2.45) is 0 Å². The number of nitrogens with zero attached hydrogens (tertiary/aromatic N) is 1. The van der Waals surface area contributed by atoms with Gasteiger partial charge in [-0.2, -0.15) is 0 Å². The van der Waals surface area contributed by atoms with E-state index in [9.17, 15) is 9.18 Å². The van der Waals surface area contributed by atoms with Crippen LogP contribution in [0.3, 0.4) is 0 Å². The molecule has 3 rings (SSSR count). The summed E-state index contributed by atoms with van der Waals surface area (Å²) in [6, 6.07) is 7.99. The van der Waals surface area contributed by atoms with Crippen LogP contribution < -0.4 is 5.32 Å². The predicted octanol–water partition coefficient (Wildman–Crippen LogP) is 2.63. The minimum atomic E-state index is -0.330. The molecule has 0 saturated heterocycles. The van der Waals surface area contributed by atoms with E-state index in [1.54, 1.807) is 24.7 Å². The number of fused-ring (bicyclic) bond motifs is 1. The average Bonchev–Trinajstić information content (AvgIpc) is 2.89. The standard InChI is InChI=1S/C15H12FN3O/c16-11-1-2-12-13(9-18-14(12)7-11)15(20)19-8-10-3-5-17-6-4-10/h1-7,9,18H,8H2,(H,19,20). The molecule has 0 aliphatic carbocycles. The number of aromatic amines is 1. The lowest BCUT2D eigenvalue weighted by atomic mass is 10.1. The maximum Gasteiger partial charge on any atom is 0.253 e. The summed E-state index contributed by atoms with van der Waals surface area (Å²) in [6.07, 6.45) is 4.94. The van der Waals surface area contributed by atoms with Crippen molar-refractivity contribution in [2.75, 3.05) is 0 Å². The van der Waals surface area contributed by atoms with Gasteiger partial charge in [-0.25, -0.2) is 4.39 Å². The fourth-order valence-corrected chi connectivity index (χ4v) is 2.06. The molecule has 1 amide bonds. The topological polar surface area (TPSA) is 57.8 Å². The lowest BCUT2D eigenvalue weighted by Crippen LogP contribution is -2.22. The van der Waals surface area contributed by atoms with Gasteiger partial charge in [0.25, 0.3) is 5.91 Å². The largest absolute Gasteiger partial charge is 0.360 e. The number of carbonyl (C=O) groups excluding carboxylic acids is 1. The number of hydrogen-bond acceptors (Lipinski definition) is 2. The zero-order chi connectivity index (χ0) is 13.9. The molecule has 0 fully saturated rings. The lowest BCUT2D eigenvalue weighted by molar-refractivity contribution is 0.0952. The summed E-state index contributed by atoms with van der Waals surface area (Å²) in [5.41, 5.74) is 2.09. The zero-order valence-corrected chi connectivity index (χ0v) is 10.6. The van der Waals surface area contributed by atoms with E-state index in [1.807, 2.05) is 12.1 Å². The van der Waals surface area contributed by atoms with Crippen molar-refractivity contribution in [2.45, 2.75) is 6.54 Å². The summed E-state index contributed by atoms with van der Waals surface area (Å²) in [4.78, 5) is 19.0. The highest BCUT2D eigenvalue weighted by Crippen LogP contribution is 2.19. The minimum Gasteiger partial charge on any atom is -0.360 e. The molecule has 2 N–H and O–H groups in total. The second-order valence-electron chi connectivity index (χ2n) is 4.43. The highest BCUT2D eigenvalue weighted by atomic mass is 19.1. The van der Waals surface area contributed by atoms with Crippen molar-refractivity contribution >= 4 is 16.8 Å². The van der Waals surface area contributed by atoms with Crippen LogP contribution in [0, 0.1) is 5.82 Å². The number of benzene rings is 1. The second-order valence-corrected chi connectivity index (χ2v) is 4.43. The highest BCUT2D eigenvalue weighted by Gasteiger charge is 2.11. The summed E-state index contributed by atoms with van der Waals surface area (Å²) in [5, 5.41) is 3.53. The Morgan fingerprint density at radius 2 is 2.05 bits per heavy atom. The molecule has 5 heteroatoms. The Morgan fingerprint density at radius 3 is 2.85 bits per heavy atom. The van der Waals surface area contributed by atoms with Crippen LogP contribution in [0.5, 0.6) is 0 Å². The molecule has 0 saturated carbocycles. The van der Waals surface area contributed by atoms with Crippen molar-refractivity contribution in [1.82, 2.24) is 15.3 Å². The van der Waals surface area contributed by atoms with Crippen LogP contribution in [0.4, 0.5) is 4.39 Å². The van der Waals surface area contributed by atoms with Gasteiger partial charge in [-0.05, 0) is 35.9 Å². The molecule has 0 atom stereocenters. The number of amides is 1. The van der Waals surface area contributed by atoms with Gasteiger partial charge in [0.2, 0.25) is 0 Å². The van der Waals surface area contributed by atoms with Crippen molar-refractivity contribution < 1.29 is 9.18 Å². The second kappa shape index (κ2) is 5.13. The van der Waals surface area contributed by atoms with Gasteiger partial charge >= 0.3 is 0 Å². The van der Waals surface area contributed by atoms with Gasteiger partial charge in [-0.3, -0.25) is 9.78 Å². The molecular weight excluding hydrogens is 257 g/mol. The molecule has 0 radical (unpaired) electrons. The van der Waals surface area contributed by atoms with E-state index in [0.29, 0.717) is 23.0 Å². The fourth-order valence-electron chi connectivity index (χ4n) is 2.06. The van der Waals surface area contributed by atoms with Crippen LogP contribution in [-0.4, -0.2) is 15.9 Å². The summed E-state index contributed by atoms with van der Waals surface area (Å²) in [5.74, 6) is -0.525. The van der Waals surface area contributed by atoms with Crippen LogP contribution >= 0.6 is 0 Å². The first-order valence-corrected chi connectivity index (χ1v) is 6.18. The Hall–Kier alpha value is -2.69. The molecule has 2 aromatic heterocycles. The van der Waals surface area contributed by atoms with Crippen LogP contribution in [-0.2, 0) is 6.54 Å². The normalized spacial score (nSPS) is 10.7. The van der Waals surface area contributed by atoms with Crippen LogP contribution in [0.25, 0.3) is 10.9 Å². The molecule has 100 valence electrons. The molecule has 0 aliphatic rings. The fraction of sp³-hybridized carbons (Fsp3) is 0.0667. The van der Waals surface area contributed by atoms with E-state index < -0.39 is 0 Å². The Morgan fingerprint density at radius 1 is 1.25 bits per heavy atom. The minimum absolute atomic E-state index is 0.195. The third kappa shape index (κ3) is 2.38. The first kappa shape index (κ1) is 12.3. The van der Waals surface area contributed by atoms with Crippen molar-refractivity contribution in [1.29, 1.82) is 0 Å². The van der Waals surface area contributed by atoms with Gasteiger partial charge < -0.3 is 10.3 Å². The summed E-state index contributed by atoms with van der Waals surface area (Å²) < 4.78 is 13.1. The van der Waals surface area contributed by atoms with Gasteiger partial charge in [0, 0.05) is 36.0 Å². The van der Waals surface area contributed by atoms with Gasteiger partial charge in [0.1, 0.15) is 5.82 Å². The lowest BCUT2D eigenvalue weighted by Gasteiger charge is -2.04. The smallest absolute Gasteiger partial charge is 0.253 e. The van der Waals surface area contributed by atoms with Crippen molar-refractivity contribution in [3.8, 4) is 0 Å². The number of halogens is 1. The predicted molar refractivity (Wildman–Crippen MR) is 73.7 cm³/mol. The third-order valence-electron chi connectivity index (χ3n) is 3.09. The molecule has 4 nitrogen and oxygen atoms in total. The van der Waals surface area contributed by atoms with Crippen molar-refractivity contribution in [3.63, 3.8) is 0 Å². The van der Waals surface area contributed by atoms with Gasteiger partial charge in [0.05, 0.1) is 5.56 Å². The Kier molecular flexibility index (Phi) is 3.16. The summed E-state index contributed by atoms with van der Waals surface area (Å²) >= 11 is 0.